The second-order valence-corrected chi connectivity index (χ2v) is 5.83. The number of carbonyl (C=O) groups is 1. The Morgan fingerprint density at radius 3 is 2.92 bits per heavy atom. The minimum atomic E-state index is 0.471. The second kappa shape index (κ2) is 5.04. The van der Waals surface area contributed by atoms with Crippen LogP contribution in [0.2, 0.25) is 0 Å². The lowest BCUT2D eigenvalue weighted by Crippen LogP contribution is -2.26. The van der Waals surface area contributed by atoms with Crippen molar-refractivity contribution in [3.63, 3.8) is 0 Å². The van der Waals surface area contributed by atoms with E-state index in [1.807, 2.05) is 11.8 Å². The lowest BCUT2D eigenvalue weighted by Gasteiger charge is -2.29. The van der Waals surface area contributed by atoms with E-state index in [-0.39, 0.29) is 0 Å². The lowest BCUT2D eigenvalue weighted by molar-refractivity contribution is -0.120. The maximum Gasteiger partial charge on any atom is 0.134 e. The molecule has 1 nitrogen and oxygen atoms in total. The molecule has 0 aliphatic heterocycles. The molecule has 1 aliphatic rings. The van der Waals surface area contributed by atoms with Gasteiger partial charge in [-0.3, -0.25) is 4.79 Å². The zero-order valence-corrected chi connectivity index (χ0v) is 9.69. The number of hydrogen-bond acceptors (Lipinski definition) is 2. The van der Waals surface area contributed by atoms with Crippen molar-refractivity contribution in [2.75, 3.05) is 0 Å². The molecule has 3 atom stereocenters. The van der Waals surface area contributed by atoms with Crippen LogP contribution in [0.4, 0.5) is 0 Å². The van der Waals surface area contributed by atoms with Gasteiger partial charge in [0.05, 0.1) is 0 Å². The van der Waals surface area contributed by atoms with Gasteiger partial charge in [-0.2, -0.15) is 11.8 Å². The fourth-order valence-electron chi connectivity index (χ4n) is 1.68. The Bertz CT molecular complexity index is 179. The van der Waals surface area contributed by atoms with Gasteiger partial charge in [-0.1, -0.05) is 20.8 Å². The van der Waals surface area contributed by atoms with E-state index in [9.17, 15) is 4.79 Å². The SMILES string of the molecule is CCC(C)SC1CC(=O)CCC1C. The van der Waals surface area contributed by atoms with E-state index in [1.54, 1.807) is 0 Å². The first-order valence-electron chi connectivity index (χ1n) is 5.30. The Hall–Kier alpha value is 0.0200. The Morgan fingerprint density at radius 1 is 1.62 bits per heavy atom. The van der Waals surface area contributed by atoms with Gasteiger partial charge >= 0.3 is 0 Å². The van der Waals surface area contributed by atoms with Gasteiger partial charge in [-0.05, 0) is 18.8 Å². The van der Waals surface area contributed by atoms with Crippen molar-refractivity contribution >= 4 is 17.5 Å². The number of Topliss-reactive ketones (excluding diaryl/α,β-unsaturated/α-hetero) is 1. The third kappa shape index (κ3) is 3.34. The Kier molecular flexibility index (Phi) is 4.30. The highest BCUT2D eigenvalue weighted by Gasteiger charge is 2.27. The first-order chi connectivity index (χ1) is 6.13. The van der Waals surface area contributed by atoms with Gasteiger partial charge in [0.15, 0.2) is 0 Å². The van der Waals surface area contributed by atoms with Crippen molar-refractivity contribution in [3.8, 4) is 0 Å². The summed E-state index contributed by atoms with van der Waals surface area (Å²) in [5.74, 6) is 1.20. The Morgan fingerprint density at radius 2 is 2.31 bits per heavy atom. The zero-order valence-electron chi connectivity index (χ0n) is 8.88. The standard InChI is InChI=1S/C11H20OS/c1-4-9(3)13-11-7-10(12)6-5-8(11)2/h8-9,11H,4-7H2,1-3H3. The quantitative estimate of drug-likeness (QED) is 0.695. The molecule has 0 aromatic rings. The summed E-state index contributed by atoms with van der Waals surface area (Å²) in [5, 5.41) is 1.30. The fraction of sp³-hybridized carbons (Fsp3) is 0.909. The van der Waals surface area contributed by atoms with Gasteiger partial charge in [0, 0.05) is 23.3 Å². The van der Waals surface area contributed by atoms with Gasteiger partial charge in [0.2, 0.25) is 0 Å². The molecular formula is C11H20OS. The van der Waals surface area contributed by atoms with E-state index in [4.69, 9.17) is 0 Å². The molecule has 1 saturated carbocycles. The van der Waals surface area contributed by atoms with Crippen molar-refractivity contribution < 1.29 is 4.79 Å². The van der Waals surface area contributed by atoms with E-state index in [1.165, 1.54) is 6.42 Å². The van der Waals surface area contributed by atoms with Crippen molar-refractivity contribution in [2.45, 2.75) is 57.0 Å². The third-order valence-corrected chi connectivity index (χ3v) is 4.70. The molecule has 2 heteroatoms. The lowest BCUT2D eigenvalue weighted by atomic mass is 9.89. The minimum absolute atomic E-state index is 0.471. The molecule has 0 N–H and O–H groups in total. The number of carbonyl (C=O) groups excluding carboxylic acids is 1. The van der Waals surface area contributed by atoms with Gasteiger partial charge in [0.1, 0.15) is 5.78 Å². The molecule has 1 rings (SSSR count). The first kappa shape index (κ1) is 11.1. The monoisotopic (exact) mass is 200 g/mol. The summed E-state index contributed by atoms with van der Waals surface area (Å²) in [6, 6.07) is 0. The smallest absolute Gasteiger partial charge is 0.134 e. The highest BCUT2D eigenvalue weighted by atomic mass is 32.2. The average Bonchev–Trinajstić information content (AvgIpc) is 2.11. The number of rotatable bonds is 3. The fourth-order valence-corrected chi connectivity index (χ4v) is 3.15. The van der Waals surface area contributed by atoms with Gasteiger partial charge in [-0.25, -0.2) is 0 Å². The number of ketones is 1. The molecule has 3 unspecified atom stereocenters. The highest BCUT2D eigenvalue weighted by Crippen LogP contribution is 2.34. The van der Waals surface area contributed by atoms with E-state index in [0.29, 0.717) is 16.3 Å². The molecule has 76 valence electrons. The molecule has 0 heterocycles. The summed E-state index contributed by atoms with van der Waals surface area (Å²) in [5.41, 5.74) is 0. The van der Waals surface area contributed by atoms with Crippen molar-refractivity contribution in [3.05, 3.63) is 0 Å². The van der Waals surface area contributed by atoms with Crippen LogP contribution in [-0.2, 0) is 4.79 Å². The molecule has 1 fully saturated rings. The van der Waals surface area contributed by atoms with Crippen LogP contribution in [0.5, 0.6) is 0 Å². The first-order valence-corrected chi connectivity index (χ1v) is 6.25. The third-order valence-electron chi connectivity index (χ3n) is 2.92. The molecule has 0 aromatic heterocycles. The van der Waals surface area contributed by atoms with Crippen molar-refractivity contribution in [2.24, 2.45) is 5.92 Å². The van der Waals surface area contributed by atoms with Gasteiger partial charge in [0.25, 0.3) is 0 Å². The van der Waals surface area contributed by atoms with Crippen LogP contribution in [0, 0.1) is 5.92 Å². The Labute approximate surface area is 85.7 Å². The average molecular weight is 200 g/mol. The highest BCUT2D eigenvalue weighted by molar-refractivity contribution is 8.00. The Balaban J connectivity index is 2.41. The summed E-state index contributed by atoms with van der Waals surface area (Å²) in [6.07, 6.45) is 3.95. The zero-order chi connectivity index (χ0) is 9.84. The van der Waals surface area contributed by atoms with Crippen molar-refractivity contribution in [1.29, 1.82) is 0 Å². The van der Waals surface area contributed by atoms with E-state index < -0.39 is 0 Å². The number of hydrogen-bond donors (Lipinski definition) is 0. The topological polar surface area (TPSA) is 17.1 Å². The molecule has 13 heavy (non-hydrogen) atoms. The van der Waals surface area contributed by atoms with Crippen LogP contribution in [-0.4, -0.2) is 16.3 Å². The van der Waals surface area contributed by atoms with Crippen LogP contribution < -0.4 is 0 Å². The normalized spacial score (nSPS) is 31.8. The van der Waals surface area contributed by atoms with Crippen molar-refractivity contribution in [1.82, 2.24) is 0 Å². The van der Waals surface area contributed by atoms with E-state index >= 15 is 0 Å². The molecular weight excluding hydrogens is 180 g/mol. The maximum absolute atomic E-state index is 11.3. The molecule has 1 aliphatic carbocycles. The predicted molar refractivity (Wildman–Crippen MR) is 59.2 cm³/mol. The summed E-state index contributed by atoms with van der Waals surface area (Å²) in [7, 11) is 0. The van der Waals surface area contributed by atoms with E-state index in [2.05, 4.69) is 20.8 Å². The van der Waals surface area contributed by atoms with Crippen LogP contribution >= 0.6 is 11.8 Å². The number of thioether (sulfide) groups is 1. The van der Waals surface area contributed by atoms with Gasteiger partial charge < -0.3 is 0 Å². The predicted octanol–water partition coefficient (Wildman–Crippen LogP) is 3.28. The largest absolute Gasteiger partial charge is 0.300 e. The molecule has 0 bridgehead atoms. The summed E-state index contributed by atoms with van der Waals surface area (Å²) in [4.78, 5) is 11.3. The molecule has 0 amide bonds. The van der Waals surface area contributed by atoms with Crippen LogP contribution in [0.25, 0.3) is 0 Å². The second-order valence-electron chi connectivity index (χ2n) is 4.15. The molecule has 0 spiro atoms. The molecule has 0 saturated heterocycles. The maximum atomic E-state index is 11.3. The molecule has 0 aromatic carbocycles. The summed E-state index contributed by atoms with van der Waals surface area (Å²) < 4.78 is 0. The van der Waals surface area contributed by atoms with Crippen LogP contribution in [0.1, 0.15) is 46.5 Å². The van der Waals surface area contributed by atoms with E-state index in [0.717, 1.165) is 25.2 Å². The van der Waals surface area contributed by atoms with Crippen LogP contribution in [0.3, 0.4) is 0 Å². The summed E-state index contributed by atoms with van der Waals surface area (Å²) in [6.45, 7) is 6.76. The minimum Gasteiger partial charge on any atom is -0.300 e. The van der Waals surface area contributed by atoms with Crippen LogP contribution in [0.15, 0.2) is 0 Å². The molecule has 0 radical (unpaired) electrons. The van der Waals surface area contributed by atoms with Gasteiger partial charge in [-0.15, -0.1) is 0 Å². The summed E-state index contributed by atoms with van der Waals surface area (Å²) >= 11 is 2.01.